The summed E-state index contributed by atoms with van der Waals surface area (Å²) in [5, 5.41) is 47.8. The molecule has 0 radical (unpaired) electrons. The third-order valence-corrected chi connectivity index (χ3v) is 13.8. The van der Waals surface area contributed by atoms with E-state index in [9.17, 15) is 30.0 Å². The average molecular weight is 831 g/mol. The summed E-state index contributed by atoms with van der Waals surface area (Å²) < 4.78 is 29.6. The van der Waals surface area contributed by atoms with Crippen LogP contribution in [0.2, 0.25) is 0 Å². The number of aliphatic hydroxyl groups is 4. The molecule has 13 heteroatoms. The quantitative estimate of drug-likeness (QED) is 0.0662. The molecule has 6 N–H and O–H groups in total. The van der Waals surface area contributed by atoms with E-state index in [0.717, 1.165) is 38.5 Å². The monoisotopic (exact) mass is 831 g/mol. The van der Waals surface area contributed by atoms with Gasteiger partial charge in [-0.2, -0.15) is 0 Å². The minimum absolute atomic E-state index is 0.0126. The Morgan fingerprint density at radius 2 is 1.64 bits per heavy atom. The number of methoxy groups -OCH3 is 1. The summed E-state index contributed by atoms with van der Waals surface area (Å²) in [4.78, 5) is 25.3. The van der Waals surface area contributed by atoms with Gasteiger partial charge in [0, 0.05) is 12.5 Å². The van der Waals surface area contributed by atoms with Crippen molar-refractivity contribution < 1.29 is 53.7 Å². The average Bonchev–Trinajstić information content (AvgIpc) is 3.56. The Hall–Kier alpha value is -2.62. The van der Waals surface area contributed by atoms with Crippen molar-refractivity contribution in [3.8, 4) is 5.75 Å². The topological polar surface area (TPSA) is 185 Å². The molecule has 2 amide bonds. The van der Waals surface area contributed by atoms with Crippen LogP contribution in [-0.4, -0.2) is 102 Å². The maximum absolute atomic E-state index is 13.0. The molecular weight excluding hydrogens is 757 g/mol. The van der Waals surface area contributed by atoms with Crippen molar-refractivity contribution in [2.75, 3.05) is 20.3 Å². The number of allylic oxidation sites excluding steroid dienone is 1. The van der Waals surface area contributed by atoms with Gasteiger partial charge in [0.15, 0.2) is 18.7 Å². The summed E-state index contributed by atoms with van der Waals surface area (Å²) in [5.74, 6) is 3.22. The second-order valence-corrected chi connectivity index (χ2v) is 18.7. The van der Waals surface area contributed by atoms with Gasteiger partial charge >= 0.3 is 0 Å². The fourth-order valence-electron chi connectivity index (χ4n) is 10.9. The van der Waals surface area contributed by atoms with Gasteiger partial charge in [-0.05, 0) is 130 Å². The van der Waals surface area contributed by atoms with Gasteiger partial charge < -0.3 is 54.7 Å². The van der Waals surface area contributed by atoms with Crippen molar-refractivity contribution >= 4 is 11.8 Å². The number of amides is 2. The number of carbonyl (C=O) groups is 2. The highest BCUT2D eigenvalue weighted by Gasteiger charge is 2.57. The molecule has 4 aliphatic carbocycles. The third-order valence-electron chi connectivity index (χ3n) is 13.8. The first kappa shape index (κ1) is 47.4. The summed E-state index contributed by atoms with van der Waals surface area (Å²) in [6.07, 6.45) is 5.09. The largest absolute Gasteiger partial charge is 0.497 e. The second-order valence-electron chi connectivity index (χ2n) is 18.7. The summed E-state index contributed by atoms with van der Waals surface area (Å²) in [7, 11) is 1.51. The Kier molecular flexibility index (Phi) is 17.2. The molecular formula is C46H74N2O11. The number of fused-ring (bicyclic) bond motifs is 5. The zero-order valence-electron chi connectivity index (χ0n) is 36.7. The Morgan fingerprint density at radius 1 is 0.915 bits per heavy atom. The molecule has 4 aliphatic rings. The van der Waals surface area contributed by atoms with Gasteiger partial charge in [0.05, 0.1) is 38.6 Å². The van der Waals surface area contributed by atoms with E-state index >= 15 is 0 Å². The lowest BCUT2D eigenvalue weighted by molar-refractivity contribution is -0.254. The molecule has 3 saturated carbocycles. The van der Waals surface area contributed by atoms with Crippen molar-refractivity contribution in [2.24, 2.45) is 46.8 Å². The molecule has 59 heavy (non-hydrogen) atoms. The van der Waals surface area contributed by atoms with E-state index in [-0.39, 0.29) is 36.4 Å². The molecule has 13 nitrogen and oxygen atoms in total. The maximum atomic E-state index is 13.0. The van der Waals surface area contributed by atoms with E-state index in [0.29, 0.717) is 47.2 Å². The third kappa shape index (κ3) is 12.3. The number of rotatable bonds is 21. The van der Waals surface area contributed by atoms with Gasteiger partial charge in [0.1, 0.15) is 11.9 Å². The number of nitrogens with one attached hydrogen (secondary N) is 2. The molecule has 0 aliphatic heterocycles. The molecule has 334 valence electrons. The molecule has 3 fully saturated rings. The lowest BCUT2D eigenvalue weighted by Crippen LogP contribution is -2.54. The number of ether oxygens (including phenoxy) is 5. The lowest BCUT2D eigenvalue weighted by Gasteiger charge is -2.55. The molecule has 0 bridgehead atoms. The molecule has 1 aromatic rings. The van der Waals surface area contributed by atoms with Crippen LogP contribution >= 0.6 is 0 Å². The zero-order chi connectivity index (χ0) is 43.0. The Bertz CT molecular complexity index is 1520. The number of carbonyl (C=O) groups excluding carboxylic acids is 2. The minimum Gasteiger partial charge on any atom is -0.497 e. The normalized spacial score (nSPS) is 31.3. The van der Waals surface area contributed by atoms with Crippen LogP contribution in [0.15, 0.2) is 35.9 Å². The SMILES string of the molecule is COc1ccc(C(=O)NC(O)C(OCC(C)O)OC(NC(C)=O)C(O)COC(C)O[C@H]2C[C@@H]3[C@H](CC[C@H]4[C@H]3CC=C3C[C@@H](O)CC[C@@]34C)[C@H]2[C@H](C)CCCC(C)C)cc1. The zero-order valence-corrected chi connectivity index (χ0v) is 36.7. The first-order valence-corrected chi connectivity index (χ1v) is 22.2. The molecule has 0 spiro atoms. The molecule has 1 aromatic carbocycles. The van der Waals surface area contributed by atoms with Crippen LogP contribution in [0.3, 0.4) is 0 Å². The van der Waals surface area contributed by atoms with Crippen molar-refractivity contribution in [3.05, 3.63) is 41.5 Å². The summed E-state index contributed by atoms with van der Waals surface area (Å²) >= 11 is 0. The van der Waals surface area contributed by atoms with Gasteiger partial charge in [-0.3, -0.25) is 9.59 Å². The van der Waals surface area contributed by atoms with Crippen LogP contribution in [0.1, 0.15) is 123 Å². The number of hydrogen-bond acceptors (Lipinski definition) is 11. The van der Waals surface area contributed by atoms with Crippen molar-refractivity contribution in [2.45, 2.75) is 162 Å². The Labute approximate surface area is 351 Å². The van der Waals surface area contributed by atoms with Crippen LogP contribution in [0.25, 0.3) is 0 Å². The molecule has 0 heterocycles. The van der Waals surface area contributed by atoms with Crippen LogP contribution in [0.5, 0.6) is 5.75 Å². The van der Waals surface area contributed by atoms with E-state index in [1.54, 1.807) is 12.1 Å². The predicted molar refractivity (Wildman–Crippen MR) is 223 cm³/mol. The number of hydrogen-bond donors (Lipinski definition) is 6. The Balaban J connectivity index is 1.25. The van der Waals surface area contributed by atoms with Crippen molar-refractivity contribution in [3.63, 3.8) is 0 Å². The molecule has 15 atom stereocenters. The van der Waals surface area contributed by atoms with Crippen LogP contribution in [0.4, 0.5) is 0 Å². The molecule has 0 aromatic heterocycles. The summed E-state index contributed by atoms with van der Waals surface area (Å²) in [5.41, 5.74) is 1.86. The van der Waals surface area contributed by atoms with Gasteiger partial charge in [-0.25, -0.2) is 0 Å². The minimum atomic E-state index is -1.75. The van der Waals surface area contributed by atoms with Crippen LogP contribution < -0.4 is 15.4 Å². The summed E-state index contributed by atoms with van der Waals surface area (Å²) in [6, 6.07) is 6.25. The highest BCUT2D eigenvalue weighted by molar-refractivity contribution is 5.94. The smallest absolute Gasteiger partial charge is 0.253 e. The maximum Gasteiger partial charge on any atom is 0.253 e. The van der Waals surface area contributed by atoms with Gasteiger partial charge in [-0.1, -0.05) is 58.6 Å². The highest BCUT2D eigenvalue weighted by Crippen LogP contribution is 2.63. The van der Waals surface area contributed by atoms with Crippen LogP contribution in [0, 0.1) is 46.8 Å². The fourth-order valence-corrected chi connectivity index (χ4v) is 10.9. The molecule has 5 rings (SSSR count). The van der Waals surface area contributed by atoms with Gasteiger partial charge in [-0.15, -0.1) is 0 Å². The number of benzene rings is 1. The van der Waals surface area contributed by atoms with E-state index in [1.165, 1.54) is 64.3 Å². The first-order chi connectivity index (χ1) is 28.0. The summed E-state index contributed by atoms with van der Waals surface area (Å²) in [6.45, 7) is 13.4. The first-order valence-electron chi connectivity index (χ1n) is 22.2. The van der Waals surface area contributed by atoms with Crippen LogP contribution in [-0.2, 0) is 23.7 Å². The van der Waals surface area contributed by atoms with Crippen molar-refractivity contribution in [1.82, 2.24) is 10.6 Å². The lowest BCUT2D eigenvalue weighted by atomic mass is 9.50. The second kappa shape index (κ2) is 21.4. The number of aliphatic hydroxyl groups excluding tert-OH is 4. The van der Waals surface area contributed by atoms with E-state index in [2.05, 4.69) is 44.4 Å². The van der Waals surface area contributed by atoms with E-state index in [1.807, 2.05) is 6.92 Å². The Morgan fingerprint density at radius 3 is 2.31 bits per heavy atom. The molecule has 6 unspecified atom stereocenters. The predicted octanol–water partition coefficient (Wildman–Crippen LogP) is 5.68. The van der Waals surface area contributed by atoms with E-state index in [4.69, 9.17) is 23.7 Å². The standard InChI is InChI=1S/C46H74N2O11/c1-26(2)10-9-11-27(3)41-36-18-19-38-35(17-14-32-22-33(51)20-21-46(32,38)7)37(36)23-40(41)58-30(6)56-25-39(52)44(47-29(5)50)59-45(57-24-28(4)49)43(54)48-42(53)31-12-15-34(55-8)16-13-31/h12-16,26-28,30,33,35-41,43-45,49,51-52,54H,9-11,17-25H2,1-8H3,(H,47,50)(H,48,53)/t27-,28?,30?,33+,35+,36+,37+,38+,39?,40+,41-,43?,44?,45?,46+/m1/s1. The van der Waals surface area contributed by atoms with Gasteiger partial charge in [0.25, 0.3) is 5.91 Å². The highest BCUT2D eigenvalue weighted by atomic mass is 16.7. The van der Waals surface area contributed by atoms with Gasteiger partial charge in [0.2, 0.25) is 12.2 Å². The fraction of sp³-hybridized carbons (Fsp3) is 0.783. The molecule has 0 saturated heterocycles. The van der Waals surface area contributed by atoms with E-state index < -0.39 is 49.1 Å². The van der Waals surface area contributed by atoms with Crippen molar-refractivity contribution in [1.29, 1.82) is 0 Å².